The molecule has 0 aliphatic heterocycles. The van der Waals surface area contributed by atoms with E-state index in [0.717, 1.165) is 6.42 Å². The normalized spacial score (nSPS) is 11.2. The van der Waals surface area contributed by atoms with Crippen molar-refractivity contribution in [1.29, 1.82) is 0 Å². The highest BCUT2D eigenvalue weighted by Gasteiger charge is 1.94. The van der Waals surface area contributed by atoms with Crippen molar-refractivity contribution in [1.82, 2.24) is 0 Å². The van der Waals surface area contributed by atoms with E-state index < -0.39 is 11.0 Å². The molecule has 0 aromatic heterocycles. The predicted octanol–water partition coefficient (Wildman–Crippen LogP) is 1.13. The highest BCUT2D eigenvalue weighted by atomic mass is 32.2. The first-order valence-corrected chi connectivity index (χ1v) is 4.35. The highest BCUT2D eigenvalue weighted by Crippen LogP contribution is 2.05. The molecule has 0 saturated heterocycles. The van der Waals surface area contributed by atoms with Crippen molar-refractivity contribution in [3.05, 3.63) is 6.61 Å². The molecular formula is C6H13O3S. The molecule has 0 aliphatic rings. The zero-order valence-electron chi connectivity index (χ0n) is 6.24. The fourth-order valence-electron chi connectivity index (χ4n) is 0.515. The molecule has 0 rings (SSSR count). The van der Waals surface area contributed by atoms with E-state index in [0.29, 0.717) is 12.3 Å². The van der Waals surface area contributed by atoms with Crippen LogP contribution in [0.25, 0.3) is 0 Å². The molecule has 0 bridgehead atoms. The maximum Gasteiger partial charge on any atom is 0.257 e. The maximum absolute atomic E-state index is 9.83. The second-order valence-electron chi connectivity index (χ2n) is 2.47. The van der Waals surface area contributed by atoms with Crippen molar-refractivity contribution in [3.8, 4) is 0 Å². The van der Waals surface area contributed by atoms with E-state index in [4.69, 9.17) is 0 Å². The Morgan fingerprint density at radius 3 is 2.50 bits per heavy atom. The van der Waals surface area contributed by atoms with Crippen LogP contribution in [-0.4, -0.2) is 8.42 Å². The predicted molar refractivity (Wildman–Crippen MR) is 39.8 cm³/mol. The SMILES string of the molecule is CC(C)CC[CH]O[SH](=O)=O. The van der Waals surface area contributed by atoms with Crippen molar-refractivity contribution in [2.75, 3.05) is 0 Å². The number of hydrogen-bond donors (Lipinski definition) is 1. The Morgan fingerprint density at radius 2 is 2.10 bits per heavy atom. The second kappa shape index (κ2) is 5.68. The molecule has 0 aromatic rings. The first kappa shape index (κ1) is 9.91. The summed E-state index contributed by atoms with van der Waals surface area (Å²) in [6.07, 6.45) is 1.66. The largest absolute Gasteiger partial charge is 0.266 e. The van der Waals surface area contributed by atoms with Crippen LogP contribution in [0.4, 0.5) is 0 Å². The van der Waals surface area contributed by atoms with Gasteiger partial charge in [-0.05, 0) is 18.8 Å². The monoisotopic (exact) mass is 165 g/mol. The van der Waals surface area contributed by atoms with Crippen LogP contribution in [0.2, 0.25) is 0 Å². The zero-order chi connectivity index (χ0) is 7.98. The third kappa shape index (κ3) is 7.91. The van der Waals surface area contributed by atoms with Crippen molar-refractivity contribution in [3.63, 3.8) is 0 Å². The van der Waals surface area contributed by atoms with Gasteiger partial charge >= 0.3 is 0 Å². The van der Waals surface area contributed by atoms with Gasteiger partial charge in [0.05, 0.1) is 0 Å². The summed E-state index contributed by atoms with van der Waals surface area (Å²) in [5, 5.41) is 0. The van der Waals surface area contributed by atoms with Crippen LogP contribution < -0.4 is 0 Å². The lowest BCUT2D eigenvalue weighted by Crippen LogP contribution is -1.90. The fraction of sp³-hybridized carbons (Fsp3) is 0.833. The summed E-state index contributed by atoms with van der Waals surface area (Å²) in [6.45, 7) is 5.47. The summed E-state index contributed by atoms with van der Waals surface area (Å²) in [5.74, 6) is 0.587. The van der Waals surface area contributed by atoms with Crippen molar-refractivity contribution in [2.45, 2.75) is 26.7 Å². The van der Waals surface area contributed by atoms with Gasteiger partial charge in [0.1, 0.15) is 6.61 Å². The Hall–Kier alpha value is -0.0900. The molecule has 4 heteroatoms. The van der Waals surface area contributed by atoms with Gasteiger partial charge in [-0.1, -0.05) is 13.8 Å². The summed E-state index contributed by atoms with van der Waals surface area (Å²) in [6, 6.07) is 0. The van der Waals surface area contributed by atoms with E-state index in [9.17, 15) is 8.42 Å². The van der Waals surface area contributed by atoms with Crippen LogP contribution in [0.3, 0.4) is 0 Å². The van der Waals surface area contributed by atoms with Crippen LogP contribution >= 0.6 is 0 Å². The van der Waals surface area contributed by atoms with E-state index in [-0.39, 0.29) is 0 Å². The summed E-state index contributed by atoms with van der Waals surface area (Å²) < 4.78 is 23.9. The molecule has 3 nitrogen and oxygen atoms in total. The summed E-state index contributed by atoms with van der Waals surface area (Å²) >= 11 is 0. The van der Waals surface area contributed by atoms with Crippen LogP contribution in [0, 0.1) is 12.5 Å². The number of thiol groups is 1. The highest BCUT2D eigenvalue weighted by molar-refractivity contribution is 7.67. The molecule has 0 amide bonds. The summed E-state index contributed by atoms with van der Waals surface area (Å²) in [4.78, 5) is 0. The molecule has 0 fully saturated rings. The number of rotatable bonds is 5. The Labute approximate surface area is 63.5 Å². The molecule has 0 unspecified atom stereocenters. The van der Waals surface area contributed by atoms with Crippen molar-refractivity contribution in [2.24, 2.45) is 5.92 Å². The molecule has 0 atom stereocenters. The molecule has 0 aromatic carbocycles. The average molecular weight is 165 g/mol. The Bertz CT molecular complexity index is 132. The van der Waals surface area contributed by atoms with Gasteiger partial charge in [-0.3, -0.25) is 4.18 Å². The van der Waals surface area contributed by atoms with E-state index in [1.165, 1.54) is 6.61 Å². The zero-order valence-corrected chi connectivity index (χ0v) is 7.14. The maximum atomic E-state index is 9.83. The van der Waals surface area contributed by atoms with Gasteiger partial charge in [-0.2, -0.15) is 0 Å². The van der Waals surface area contributed by atoms with Crippen molar-refractivity contribution >= 4 is 11.0 Å². The van der Waals surface area contributed by atoms with E-state index >= 15 is 0 Å². The van der Waals surface area contributed by atoms with Gasteiger partial charge in [-0.15, -0.1) is 0 Å². The van der Waals surface area contributed by atoms with Crippen LogP contribution in [0.5, 0.6) is 0 Å². The van der Waals surface area contributed by atoms with Gasteiger partial charge in [0.25, 0.3) is 11.0 Å². The molecule has 0 heterocycles. The van der Waals surface area contributed by atoms with Crippen LogP contribution in [-0.2, 0) is 15.2 Å². The van der Waals surface area contributed by atoms with Crippen LogP contribution in [0.1, 0.15) is 26.7 Å². The molecule has 0 spiro atoms. The van der Waals surface area contributed by atoms with Gasteiger partial charge in [0.15, 0.2) is 0 Å². The minimum absolute atomic E-state index is 0.587. The lowest BCUT2D eigenvalue weighted by atomic mass is 10.1. The van der Waals surface area contributed by atoms with E-state index in [1.54, 1.807) is 0 Å². The van der Waals surface area contributed by atoms with Gasteiger partial charge in [0.2, 0.25) is 0 Å². The first-order chi connectivity index (χ1) is 4.63. The third-order valence-corrected chi connectivity index (χ3v) is 1.34. The standard InChI is InChI=1S/C6H13O3S/c1-6(2)4-3-5-9-10(7)8/h5-6,10H,3-4H2,1-2H3. The lowest BCUT2D eigenvalue weighted by Gasteiger charge is -2.00. The lowest BCUT2D eigenvalue weighted by molar-refractivity contribution is 0.383. The average Bonchev–Trinajstić information content (AvgIpc) is 1.79. The fourth-order valence-corrected chi connectivity index (χ4v) is 0.742. The Balaban J connectivity index is 3.06. The minimum atomic E-state index is -2.69. The Morgan fingerprint density at radius 1 is 1.50 bits per heavy atom. The topological polar surface area (TPSA) is 43.4 Å². The summed E-state index contributed by atoms with van der Waals surface area (Å²) in [7, 11) is -2.69. The minimum Gasteiger partial charge on any atom is -0.266 e. The second-order valence-corrected chi connectivity index (χ2v) is 3.12. The van der Waals surface area contributed by atoms with Crippen molar-refractivity contribution < 1.29 is 12.6 Å². The Kier molecular flexibility index (Phi) is 5.63. The van der Waals surface area contributed by atoms with Gasteiger partial charge < -0.3 is 0 Å². The molecule has 0 saturated carbocycles. The molecule has 10 heavy (non-hydrogen) atoms. The first-order valence-electron chi connectivity index (χ1n) is 3.25. The van der Waals surface area contributed by atoms with Gasteiger partial charge in [0, 0.05) is 0 Å². The smallest absolute Gasteiger partial charge is 0.257 e. The summed E-state index contributed by atoms with van der Waals surface area (Å²) in [5.41, 5.74) is 0. The molecular weight excluding hydrogens is 152 g/mol. The van der Waals surface area contributed by atoms with E-state index in [2.05, 4.69) is 18.0 Å². The molecule has 0 aliphatic carbocycles. The number of hydrogen-bond acceptors (Lipinski definition) is 3. The third-order valence-electron chi connectivity index (χ3n) is 1.02. The van der Waals surface area contributed by atoms with E-state index in [1.807, 2.05) is 0 Å². The molecule has 1 radical (unpaired) electrons. The van der Waals surface area contributed by atoms with Gasteiger partial charge in [-0.25, -0.2) is 8.42 Å². The molecule has 61 valence electrons. The quantitative estimate of drug-likeness (QED) is 0.490. The van der Waals surface area contributed by atoms with Crippen LogP contribution in [0.15, 0.2) is 0 Å². The molecule has 0 N–H and O–H groups in total.